The van der Waals surface area contributed by atoms with E-state index in [1.54, 1.807) is 12.1 Å². The fourth-order valence-electron chi connectivity index (χ4n) is 1.62. The number of nitrogens with one attached hydrogen (secondary N) is 1. The molecule has 2 amide bonds. The maximum absolute atomic E-state index is 11.8. The number of amides is 2. The zero-order valence-corrected chi connectivity index (χ0v) is 9.94. The lowest BCUT2D eigenvalue weighted by atomic mass is 10.0. The van der Waals surface area contributed by atoms with Gasteiger partial charge in [-0.1, -0.05) is 11.6 Å². The van der Waals surface area contributed by atoms with Crippen molar-refractivity contribution in [3.05, 3.63) is 17.3 Å². The molecule has 1 N–H and O–H groups in total. The Labute approximate surface area is 103 Å². The number of hydrogen-bond acceptors (Lipinski definition) is 5. The first-order chi connectivity index (χ1) is 8.08. The van der Waals surface area contributed by atoms with Gasteiger partial charge in [0.2, 0.25) is 5.91 Å². The van der Waals surface area contributed by atoms with E-state index in [9.17, 15) is 9.59 Å². The number of carbonyl (C=O) groups is 2. The lowest BCUT2D eigenvalue weighted by Gasteiger charge is -2.28. The molecule has 1 aromatic heterocycles. The molecule has 2 heterocycles. The highest BCUT2D eigenvalue weighted by atomic mass is 35.5. The topological polar surface area (TPSA) is 75.2 Å². The number of likely N-dealkylation sites (tertiary alicyclic amines) is 1. The van der Waals surface area contributed by atoms with E-state index >= 15 is 0 Å². The first-order valence-electron chi connectivity index (χ1n) is 5.14. The quantitative estimate of drug-likeness (QED) is 0.786. The lowest BCUT2D eigenvalue weighted by molar-refractivity contribution is -0.146. The summed E-state index contributed by atoms with van der Waals surface area (Å²) in [6, 6.07) is 2.78. The Bertz CT molecular complexity index is 448. The summed E-state index contributed by atoms with van der Waals surface area (Å²) in [6.45, 7) is 0. The van der Waals surface area contributed by atoms with Gasteiger partial charge in [-0.05, 0) is 18.6 Å². The molecule has 1 fully saturated rings. The summed E-state index contributed by atoms with van der Waals surface area (Å²) in [5.41, 5.74) is 0. The van der Waals surface area contributed by atoms with Crippen LogP contribution in [0, 0.1) is 0 Å². The molecule has 1 aliphatic heterocycles. The molecule has 1 aliphatic rings. The summed E-state index contributed by atoms with van der Waals surface area (Å²) in [4.78, 5) is 24.2. The number of piperidine rings is 1. The van der Waals surface area contributed by atoms with Gasteiger partial charge in [0.25, 0.3) is 5.91 Å². The summed E-state index contributed by atoms with van der Waals surface area (Å²) in [7, 11) is 1.48. The maximum atomic E-state index is 11.8. The Morgan fingerprint density at radius 2 is 2.18 bits per heavy atom. The first-order valence-corrected chi connectivity index (χ1v) is 5.52. The van der Waals surface area contributed by atoms with Gasteiger partial charge in [0, 0.05) is 13.5 Å². The SMILES string of the molecule is CN1C(=O)CCC(Nc2ccc(Cl)nn2)C1=O. The second-order valence-corrected chi connectivity index (χ2v) is 4.16. The molecule has 0 radical (unpaired) electrons. The molecule has 0 aliphatic carbocycles. The summed E-state index contributed by atoms with van der Waals surface area (Å²) in [6.07, 6.45) is 0.813. The molecule has 1 atom stereocenters. The first kappa shape index (κ1) is 11.8. The van der Waals surface area contributed by atoms with Crippen LogP contribution in [0.5, 0.6) is 0 Å². The zero-order valence-electron chi connectivity index (χ0n) is 9.18. The van der Waals surface area contributed by atoms with E-state index in [1.165, 1.54) is 7.05 Å². The smallest absolute Gasteiger partial charge is 0.251 e. The minimum atomic E-state index is -0.437. The standard InChI is InChI=1S/C10H11ClN4O2/c1-15-9(16)5-2-6(10(15)17)12-8-4-3-7(11)13-14-8/h3-4,6H,2,5H2,1H3,(H,12,14). The van der Waals surface area contributed by atoms with Crippen LogP contribution < -0.4 is 5.32 Å². The van der Waals surface area contributed by atoms with Gasteiger partial charge in [0.15, 0.2) is 5.15 Å². The molecule has 0 saturated carbocycles. The third-order valence-electron chi connectivity index (χ3n) is 2.60. The third kappa shape index (κ3) is 2.52. The Morgan fingerprint density at radius 3 is 2.82 bits per heavy atom. The van der Waals surface area contributed by atoms with Crippen LogP contribution in [0.25, 0.3) is 0 Å². The van der Waals surface area contributed by atoms with E-state index < -0.39 is 6.04 Å². The molecule has 6 nitrogen and oxygen atoms in total. The molecule has 1 saturated heterocycles. The summed E-state index contributed by atoms with van der Waals surface area (Å²) in [5.74, 6) is 0.0590. The number of anilines is 1. The van der Waals surface area contributed by atoms with E-state index in [1.807, 2.05) is 0 Å². The van der Waals surface area contributed by atoms with E-state index in [2.05, 4.69) is 15.5 Å². The van der Waals surface area contributed by atoms with Crippen LogP contribution in [0.3, 0.4) is 0 Å². The van der Waals surface area contributed by atoms with Gasteiger partial charge in [-0.25, -0.2) is 0 Å². The monoisotopic (exact) mass is 254 g/mol. The van der Waals surface area contributed by atoms with Crippen molar-refractivity contribution in [3.63, 3.8) is 0 Å². The second kappa shape index (κ2) is 4.67. The number of rotatable bonds is 2. The van der Waals surface area contributed by atoms with Gasteiger partial charge in [-0.3, -0.25) is 14.5 Å². The van der Waals surface area contributed by atoms with Crippen LogP contribution in [-0.2, 0) is 9.59 Å². The Balaban J connectivity index is 2.06. The average molecular weight is 255 g/mol. The van der Waals surface area contributed by atoms with E-state index in [4.69, 9.17) is 11.6 Å². The molecule has 0 spiro atoms. The second-order valence-electron chi connectivity index (χ2n) is 3.77. The summed E-state index contributed by atoms with van der Waals surface area (Å²) < 4.78 is 0. The highest BCUT2D eigenvalue weighted by Gasteiger charge is 2.31. The largest absolute Gasteiger partial charge is 0.357 e. The van der Waals surface area contributed by atoms with Gasteiger partial charge < -0.3 is 5.32 Å². The van der Waals surface area contributed by atoms with E-state index in [-0.39, 0.29) is 17.0 Å². The molecular formula is C10H11ClN4O2. The Hall–Kier alpha value is -1.69. The van der Waals surface area contributed by atoms with Crippen molar-refractivity contribution in [1.82, 2.24) is 15.1 Å². The minimum absolute atomic E-state index is 0.157. The predicted molar refractivity (Wildman–Crippen MR) is 61.5 cm³/mol. The number of likely N-dealkylation sites (N-methyl/N-ethyl adjacent to an activating group) is 1. The van der Waals surface area contributed by atoms with Gasteiger partial charge in [-0.15, -0.1) is 10.2 Å². The predicted octanol–water partition coefficient (Wildman–Crippen LogP) is 0.689. The van der Waals surface area contributed by atoms with Gasteiger partial charge in [-0.2, -0.15) is 0 Å². The number of hydrogen-bond donors (Lipinski definition) is 1. The van der Waals surface area contributed by atoms with Crippen LogP contribution >= 0.6 is 11.6 Å². The molecule has 7 heteroatoms. The molecule has 17 heavy (non-hydrogen) atoms. The highest BCUT2D eigenvalue weighted by Crippen LogP contribution is 2.16. The number of imide groups is 1. The molecule has 0 aromatic carbocycles. The molecule has 0 bridgehead atoms. The Kier molecular flexibility index (Phi) is 3.23. The third-order valence-corrected chi connectivity index (χ3v) is 2.81. The van der Waals surface area contributed by atoms with Crippen LogP contribution in [-0.4, -0.2) is 40.0 Å². The lowest BCUT2D eigenvalue weighted by Crippen LogP contribution is -2.48. The van der Waals surface area contributed by atoms with Crippen LogP contribution in [0.2, 0.25) is 5.15 Å². The van der Waals surface area contributed by atoms with Crippen molar-refractivity contribution in [2.45, 2.75) is 18.9 Å². The van der Waals surface area contributed by atoms with Crippen molar-refractivity contribution in [2.24, 2.45) is 0 Å². The van der Waals surface area contributed by atoms with Crippen LogP contribution in [0.4, 0.5) is 5.82 Å². The number of halogens is 1. The molecule has 1 unspecified atom stereocenters. The fourth-order valence-corrected chi connectivity index (χ4v) is 1.72. The number of nitrogens with zero attached hydrogens (tertiary/aromatic N) is 3. The van der Waals surface area contributed by atoms with Crippen molar-refractivity contribution in [3.8, 4) is 0 Å². The average Bonchev–Trinajstić information content (AvgIpc) is 2.33. The summed E-state index contributed by atoms with van der Waals surface area (Å²) in [5, 5.41) is 10.7. The normalized spacial score (nSPS) is 20.6. The van der Waals surface area contributed by atoms with Crippen LogP contribution in [0.15, 0.2) is 12.1 Å². The van der Waals surface area contributed by atoms with Gasteiger partial charge >= 0.3 is 0 Å². The number of carbonyl (C=O) groups excluding carboxylic acids is 2. The fraction of sp³-hybridized carbons (Fsp3) is 0.400. The molecule has 2 rings (SSSR count). The van der Waals surface area contributed by atoms with Crippen molar-refractivity contribution < 1.29 is 9.59 Å². The van der Waals surface area contributed by atoms with E-state index in [0.29, 0.717) is 18.7 Å². The number of aromatic nitrogens is 2. The summed E-state index contributed by atoms with van der Waals surface area (Å²) >= 11 is 5.60. The van der Waals surface area contributed by atoms with Crippen molar-refractivity contribution >= 4 is 29.2 Å². The Morgan fingerprint density at radius 1 is 1.41 bits per heavy atom. The highest BCUT2D eigenvalue weighted by molar-refractivity contribution is 6.29. The van der Waals surface area contributed by atoms with Gasteiger partial charge in [0.1, 0.15) is 11.9 Å². The van der Waals surface area contributed by atoms with Crippen molar-refractivity contribution in [1.29, 1.82) is 0 Å². The maximum Gasteiger partial charge on any atom is 0.251 e. The molecule has 1 aromatic rings. The minimum Gasteiger partial charge on any atom is -0.357 e. The van der Waals surface area contributed by atoms with Crippen LogP contribution in [0.1, 0.15) is 12.8 Å². The van der Waals surface area contributed by atoms with Gasteiger partial charge in [0.05, 0.1) is 0 Å². The van der Waals surface area contributed by atoms with E-state index in [0.717, 1.165) is 4.90 Å². The van der Waals surface area contributed by atoms with Crippen molar-refractivity contribution in [2.75, 3.05) is 12.4 Å². The zero-order chi connectivity index (χ0) is 12.4. The molecule has 90 valence electrons. The molecular weight excluding hydrogens is 244 g/mol.